The van der Waals surface area contributed by atoms with Crippen LogP contribution < -0.4 is 10.6 Å². The third kappa shape index (κ3) is 3.42. The van der Waals surface area contributed by atoms with Gasteiger partial charge in [-0.05, 0) is 32.0 Å². The van der Waals surface area contributed by atoms with E-state index >= 15 is 0 Å². The highest BCUT2D eigenvalue weighted by atomic mass is 32.1. The first kappa shape index (κ1) is 14.2. The number of aryl methyl sites for hydroxylation is 2. The van der Waals surface area contributed by atoms with E-state index in [1.807, 2.05) is 13.8 Å². The normalized spacial score (nSPS) is 10.2. The Kier molecular flexibility index (Phi) is 4.14. The second-order valence-electron chi connectivity index (χ2n) is 4.35. The molecule has 2 rings (SSSR count). The van der Waals surface area contributed by atoms with Gasteiger partial charge in [0.25, 0.3) is 5.91 Å². The highest BCUT2D eigenvalue weighted by Gasteiger charge is 2.14. The Morgan fingerprint density at radius 3 is 2.35 bits per heavy atom. The number of benzene rings is 1. The van der Waals surface area contributed by atoms with Crippen molar-refractivity contribution in [1.82, 2.24) is 4.98 Å². The summed E-state index contributed by atoms with van der Waals surface area (Å²) in [6, 6.07) is 6.99. The summed E-state index contributed by atoms with van der Waals surface area (Å²) in [5, 5.41) is 6.31. The summed E-state index contributed by atoms with van der Waals surface area (Å²) in [5.74, 6) is -0.397. The van der Waals surface area contributed by atoms with Gasteiger partial charge >= 0.3 is 0 Å². The van der Waals surface area contributed by atoms with Crippen LogP contribution in [-0.2, 0) is 4.79 Å². The zero-order valence-electron chi connectivity index (χ0n) is 11.5. The number of nitrogens with one attached hydrogen (secondary N) is 2. The van der Waals surface area contributed by atoms with Crippen molar-refractivity contribution in [1.29, 1.82) is 0 Å². The smallest absolute Gasteiger partial charge is 0.275 e. The van der Waals surface area contributed by atoms with E-state index in [4.69, 9.17) is 0 Å². The van der Waals surface area contributed by atoms with Crippen molar-refractivity contribution >= 4 is 34.5 Å². The summed E-state index contributed by atoms with van der Waals surface area (Å²) >= 11 is 1.49. The fourth-order valence-electron chi connectivity index (χ4n) is 1.81. The number of thiazole rings is 1. The first-order valence-electron chi connectivity index (χ1n) is 6.09. The highest BCUT2D eigenvalue weighted by molar-refractivity contribution is 7.11. The molecule has 2 N–H and O–H groups in total. The molecule has 6 heteroatoms. The monoisotopic (exact) mass is 289 g/mol. The average molecular weight is 289 g/mol. The van der Waals surface area contributed by atoms with Crippen molar-refractivity contribution in [3.8, 4) is 0 Å². The van der Waals surface area contributed by atoms with E-state index in [0.29, 0.717) is 17.1 Å². The number of anilines is 2. The molecule has 0 bridgehead atoms. The molecular weight excluding hydrogens is 274 g/mol. The molecule has 2 aromatic rings. The van der Waals surface area contributed by atoms with Crippen molar-refractivity contribution in [2.24, 2.45) is 0 Å². The van der Waals surface area contributed by atoms with Crippen LogP contribution in [-0.4, -0.2) is 16.8 Å². The lowest BCUT2D eigenvalue weighted by Gasteiger charge is -2.07. The summed E-state index contributed by atoms with van der Waals surface area (Å²) in [7, 11) is 0. The Bertz CT molecular complexity index is 664. The number of hydrogen-bond acceptors (Lipinski definition) is 4. The standard InChI is InChI=1S/C14H15N3O2S/c1-8-13(16-10(3)20-8)14(19)17-12-6-4-5-11(7-12)15-9(2)18/h4-7H,1-3H3,(H,15,18)(H,17,19). The zero-order valence-corrected chi connectivity index (χ0v) is 12.3. The van der Waals surface area contributed by atoms with Crippen molar-refractivity contribution in [2.75, 3.05) is 10.6 Å². The number of carbonyl (C=O) groups excluding carboxylic acids is 2. The Morgan fingerprint density at radius 2 is 1.80 bits per heavy atom. The zero-order chi connectivity index (χ0) is 14.7. The van der Waals surface area contributed by atoms with Crippen molar-refractivity contribution in [3.05, 3.63) is 39.8 Å². The van der Waals surface area contributed by atoms with Crippen LogP contribution in [0, 0.1) is 13.8 Å². The van der Waals surface area contributed by atoms with Crippen LogP contribution in [0.25, 0.3) is 0 Å². The van der Waals surface area contributed by atoms with Crippen LogP contribution in [0.1, 0.15) is 27.3 Å². The second-order valence-corrected chi connectivity index (χ2v) is 5.76. The molecular formula is C14H15N3O2S. The summed E-state index contributed by atoms with van der Waals surface area (Å²) in [6.45, 7) is 5.17. The van der Waals surface area contributed by atoms with E-state index in [2.05, 4.69) is 15.6 Å². The third-order valence-corrected chi connectivity index (χ3v) is 3.45. The molecule has 0 aliphatic rings. The van der Waals surface area contributed by atoms with Gasteiger partial charge in [-0.15, -0.1) is 11.3 Å². The van der Waals surface area contributed by atoms with E-state index in [9.17, 15) is 9.59 Å². The van der Waals surface area contributed by atoms with Crippen LogP contribution in [0.4, 0.5) is 11.4 Å². The average Bonchev–Trinajstić information content (AvgIpc) is 2.68. The van der Waals surface area contributed by atoms with E-state index in [1.54, 1.807) is 24.3 Å². The molecule has 1 aromatic carbocycles. The molecule has 104 valence electrons. The van der Waals surface area contributed by atoms with Gasteiger partial charge < -0.3 is 10.6 Å². The molecule has 0 radical (unpaired) electrons. The van der Waals surface area contributed by atoms with E-state index < -0.39 is 0 Å². The van der Waals surface area contributed by atoms with Crippen LogP contribution in [0.15, 0.2) is 24.3 Å². The van der Waals surface area contributed by atoms with Crippen LogP contribution in [0.2, 0.25) is 0 Å². The minimum absolute atomic E-state index is 0.153. The van der Waals surface area contributed by atoms with Crippen LogP contribution >= 0.6 is 11.3 Å². The third-order valence-electron chi connectivity index (χ3n) is 2.56. The molecule has 20 heavy (non-hydrogen) atoms. The highest BCUT2D eigenvalue weighted by Crippen LogP contribution is 2.19. The number of hydrogen-bond donors (Lipinski definition) is 2. The summed E-state index contributed by atoms with van der Waals surface area (Å²) in [4.78, 5) is 28.2. The number of carbonyl (C=O) groups is 2. The number of amides is 2. The minimum Gasteiger partial charge on any atom is -0.326 e. The number of nitrogens with zero attached hydrogens (tertiary/aromatic N) is 1. The molecule has 1 aromatic heterocycles. The second kappa shape index (κ2) is 5.83. The number of rotatable bonds is 3. The Morgan fingerprint density at radius 1 is 1.15 bits per heavy atom. The molecule has 0 saturated heterocycles. The lowest BCUT2D eigenvalue weighted by Crippen LogP contribution is -2.14. The molecule has 1 heterocycles. The molecule has 0 atom stereocenters. The maximum absolute atomic E-state index is 12.1. The van der Waals surface area contributed by atoms with Crippen LogP contribution in [0.5, 0.6) is 0 Å². The van der Waals surface area contributed by atoms with Gasteiger partial charge in [0.2, 0.25) is 5.91 Å². The van der Waals surface area contributed by atoms with Gasteiger partial charge in [-0.2, -0.15) is 0 Å². The predicted octanol–water partition coefficient (Wildman–Crippen LogP) is 2.97. The van der Waals surface area contributed by atoms with Gasteiger partial charge in [-0.1, -0.05) is 6.07 Å². The Hall–Kier alpha value is -2.21. The van der Waals surface area contributed by atoms with Crippen molar-refractivity contribution in [2.45, 2.75) is 20.8 Å². The Balaban J connectivity index is 2.15. The van der Waals surface area contributed by atoms with Crippen LogP contribution in [0.3, 0.4) is 0 Å². The molecule has 0 spiro atoms. The molecule has 2 amide bonds. The van der Waals surface area contributed by atoms with E-state index in [0.717, 1.165) is 9.88 Å². The largest absolute Gasteiger partial charge is 0.326 e. The van der Waals surface area contributed by atoms with E-state index in [-0.39, 0.29) is 11.8 Å². The fraction of sp³-hybridized carbons (Fsp3) is 0.214. The van der Waals surface area contributed by atoms with Gasteiger partial charge in [0.05, 0.1) is 5.01 Å². The fourth-order valence-corrected chi connectivity index (χ4v) is 2.62. The van der Waals surface area contributed by atoms with Crippen molar-refractivity contribution < 1.29 is 9.59 Å². The molecule has 0 fully saturated rings. The molecule has 5 nitrogen and oxygen atoms in total. The van der Waals surface area contributed by atoms with Gasteiger partial charge in [0.1, 0.15) is 5.69 Å². The maximum atomic E-state index is 12.1. The molecule has 0 aliphatic heterocycles. The summed E-state index contributed by atoms with van der Waals surface area (Å²) < 4.78 is 0. The summed E-state index contributed by atoms with van der Waals surface area (Å²) in [5.41, 5.74) is 1.70. The first-order chi connectivity index (χ1) is 9.45. The molecule has 0 unspecified atom stereocenters. The van der Waals surface area contributed by atoms with Crippen molar-refractivity contribution in [3.63, 3.8) is 0 Å². The first-order valence-corrected chi connectivity index (χ1v) is 6.90. The number of aromatic nitrogens is 1. The summed E-state index contributed by atoms with van der Waals surface area (Å²) in [6.07, 6.45) is 0. The van der Waals surface area contributed by atoms with Gasteiger partial charge in [0, 0.05) is 23.2 Å². The van der Waals surface area contributed by atoms with E-state index in [1.165, 1.54) is 18.3 Å². The lowest BCUT2D eigenvalue weighted by atomic mass is 10.2. The Labute approximate surface area is 121 Å². The van der Waals surface area contributed by atoms with Gasteiger partial charge in [-0.25, -0.2) is 4.98 Å². The van der Waals surface area contributed by atoms with Gasteiger partial charge in [-0.3, -0.25) is 9.59 Å². The molecule has 0 saturated carbocycles. The maximum Gasteiger partial charge on any atom is 0.275 e. The minimum atomic E-state index is -0.244. The SMILES string of the molecule is CC(=O)Nc1cccc(NC(=O)c2nc(C)sc2C)c1. The van der Waals surface area contributed by atoms with Gasteiger partial charge in [0.15, 0.2) is 0 Å². The predicted molar refractivity (Wildman–Crippen MR) is 80.3 cm³/mol. The molecule has 0 aliphatic carbocycles. The lowest BCUT2D eigenvalue weighted by molar-refractivity contribution is -0.114. The topological polar surface area (TPSA) is 71.1 Å². The quantitative estimate of drug-likeness (QED) is 0.912.